The number of aromatic nitrogens is 2. The van der Waals surface area contributed by atoms with Crippen molar-refractivity contribution in [2.24, 2.45) is 0 Å². The van der Waals surface area contributed by atoms with Crippen molar-refractivity contribution >= 4 is 0 Å². The summed E-state index contributed by atoms with van der Waals surface area (Å²) < 4.78 is 37.5. The van der Waals surface area contributed by atoms with Gasteiger partial charge < -0.3 is 5.32 Å². The first kappa shape index (κ1) is 15.4. The minimum absolute atomic E-state index is 0.0671. The summed E-state index contributed by atoms with van der Waals surface area (Å²) in [4.78, 5) is 8.28. The monoisotopic (exact) mass is 295 g/mol. The second-order valence-corrected chi connectivity index (χ2v) is 4.82. The summed E-state index contributed by atoms with van der Waals surface area (Å²) in [5, 5.41) is 3.23. The van der Waals surface area contributed by atoms with E-state index >= 15 is 0 Å². The van der Waals surface area contributed by atoms with Crippen molar-refractivity contribution < 1.29 is 13.2 Å². The zero-order valence-corrected chi connectivity index (χ0v) is 11.8. The smallest absolute Gasteiger partial charge is 0.305 e. The lowest BCUT2D eigenvalue weighted by atomic mass is 10.1. The Hall–Kier alpha value is -1.95. The zero-order valence-electron chi connectivity index (χ0n) is 11.8. The molecule has 0 aliphatic heterocycles. The van der Waals surface area contributed by atoms with Gasteiger partial charge in [0.1, 0.15) is 5.82 Å². The van der Waals surface area contributed by atoms with Crippen LogP contribution >= 0.6 is 0 Å². The van der Waals surface area contributed by atoms with E-state index in [-0.39, 0.29) is 6.04 Å². The Balaban J connectivity index is 1.99. The van der Waals surface area contributed by atoms with E-state index in [1.54, 1.807) is 12.3 Å². The Bertz CT molecular complexity index is 594. The van der Waals surface area contributed by atoms with E-state index < -0.39 is 11.7 Å². The summed E-state index contributed by atoms with van der Waals surface area (Å²) in [5.41, 5.74) is 1.01. The van der Waals surface area contributed by atoms with E-state index in [0.717, 1.165) is 23.4 Å². The van der Waals surface area contributed by atoms with Gasteiger partial charge in [-0.25, -0.2) is 9.97 Å². The van der Waals surface area contributed by atoms with Crippen molar-refractivity contribution in [3.05, 3.63) is 59.2 Å². The van der Waals surface area contributed by atoms with Crippen molar-refractivity contribution in [2.45, 2.75) is 32.6 Å². The summed E-state index contributed by atoms with van der Waals surface area (Å²) in [6.07, 6.45) is -2.62. The van der Waals surface area contributed by atoms with E-state index in [4.69, 9.17) is 0 Å². The molecule has 3 nitrogen and oxygen atoms in total. The molecular formula is C15H16F3N3. The number of hydrogen-bond acceptors (Lipinski definition) is 3. The van der Waals surface area contributed by atoms with Crippen LogP contribution in [0.15, 0.2) is 36.5 Å². The molecule has 0 aliphatic rings. The summed E-state index contributed by atoms with van der Waals surface area (Å²) in [5.74, 6) is 0.691. The number of rotatable bonds is 4. The second-order valence-electron chi connectivity index (χ2n) is 4.82. The van der Waals surface area contributed by atoms with E-state index in [2.05, 4.69) is 15.3 Å². The molecule has 0 radical (unpaired) electrons. The molecule has 1 heterocycles. The van der Waals surface area contributed by atoms with Crippen LogP contribution in [0.4, 0.5) is 13.2 Å². The Morgan fingerprint density at radius 3 is 2.38 bits per heavy atom. The van der Waals surface area contributed by atoms with Gasteiger partial charge >= 0.3 is 6.18 Å². The maximum absolute atomic E-state index is 12.5. The van der Waals surface area contributed by atoms with Crippen LogP contribution < -0.4 is 5.32 Å². The molecular weight excluding hydrogens is 279 g/mol. The largest absolute Gasteiger partial charge is 0.416 e. The highest BCUT2D eigenvalue weighted by atomic mass is 19.4. The van der Waals surface area contributed by atoms with Crippen molar-refractivity contribution in [1.29, 1.82) is 0 Å². The summed E-state index contributed by atoms with van der Waals surface area (Å²) in [7, 11) is 0. The molecule has 0 fully saturated rings. The fraction of sp³-hybridized carbons (Fsp3) is 0.333. The number of benzene rings is 1. The maximum atomic E-state index is 12.5. The highest BCUT2D eigenvalue weighted by Crippen LogP contribution is 2.29. The van der Waals surface area contributed by atoms with Gasteiger partial charge in [-0.3, -0.25) is 0 Å². The van der Waals surface area contributed by atoms with Crippen LogP contribution in [0.25, 0.3) is 0 Å². The number of nitrogens with zero attached hydrogens (tertiary/aromatic N) is 2. The minimum Gasteiger partial charge on any atom is -0.305 e. The first-order valence-corrected chi connectivity index (χ1v) is 6.55. The van der Waals surface area contributed by atoms with Crippen LogP contribution in [0.5, 0.6) is 0 Å². The molecule has 112 valence electrons. The predicted molar refractivity (Wildman–Crippen MR) is 73.5 cm³/mol. The molecule has 0 spiro atoms. The first-order valence-electron chi connectivity index (χ1n) is 6.55. The van der Waals surface area contributed by atoms with Crippen LogP contribution in [0.2, 0.25) is 0 Å². The van der Waals surface area contributed by atoms with Gasteiger partial charge in [-0.2, -0.15) is 13.2 Å². The third-order valence-corrected chi connectivity index (χ3v) is 3.16. The number of aryl methyl sites for hydroxylation is 1. The minimum atomic E-state index is -4.30. The maximum Gasteiger partial charge on any atom is 0.416 e. The molecule has 1 aromatic carbocycles. The Morgan fingerprint density at radius 2 is 1.81 bits per heavy atom. The Labute approximate surface area is 121 Å². The van der Waals surface area contributed by atoms with Crippen LogP contribution in [-0.2, 0) is 12.7 Å². The molecule has 21 heavy (non-hydrogen) atoms. The van der Waals surface area contributed by atoms with Crippen LogP contribution in [-0.4, -0.2) is 9.97 Å². The van der Waals surface area contributed by atoms with Gasteiger partial charge in [0.15, 0.2) is 0 Å². The van der Waals surface area contributed by atoms with Gasteiger partial charge in [-0.15, -0.1) is 0 Å². The average molecular weight is 295 g/mol. The second kappa shape index (κ2) is 6.22. The van der Waals surface area contributed by atoms with Gasteiger partial charge in [-0.05, 0) is 37.6 Å². The predicted octanol–water partition coefficient (Wildman–Crippen LogP) is 3.65. The highest BCUT2D eigenvalue weighted by molar-refractivity contribution is 5.26. The average Bonchev–Trinajstić information content (AvgIpc) is 2.44. The lowest BCUT2D eigenvalue weighted by molar-refractivity contribution is -0.137. The fourth-order valence-electron chi connectivity index (χ4n) is 1.94. The summed E-state index contributed by atoms with van der Waals surface area (Å²) in [6, 6.07) is 6.92. The molecule has 2 aromatic rings. The van der Waals surface area contributed by atoms with Crippen molar-refractivity contribution in [3.8, 4) is 0 Å². The SMILES string of the molecule is Cc1nccc(CNC(C)c2ccc(C(F)(F)F)cc2)n1. The van der Waals surface area contributed by atoms with Gasteiger partial charge in [0.2, 0.25) is 0 Å². The van der Waals surface area contributed by atoms with Crippen LogP contribution in [0, 0.1) is 6.92 Å². The van der Waals surface area contributed by atoms with E-state index in [0.29, 0.717) is 12.4 Å². The first-order chi connectivity index (χ1) is 9.86. The molecule has 0 saturated heterocycles. The summed E-state index contributed by atoms with van der Waals surface area (Å²) in [6.45, 7) is 4.24. The molecule has 1 unspecified atom stereocenters. The van der Waals surface area contributed by atoms with E-state index in [1.807, 2.05) is 13.8 Å². The van der Waals surface area contributed by atoms with Gasteiger partial charge in [0.05, 0.1) is 11.3 Å². The molecule has 1 N–H and O–H groups in total. The van der Waals surface area contributed by atoms with Crippen molar-refractivity contribution in [1.82, 2.24) is 15.3 Å². The molecule has 0 amide bonds. The molecule has 1 atom stereocenters. The third-order valence-electron chi connectivity index (χ3n) is 3.16. The molecule has 2 rings (SSSR count). The van der Waals surface area contributed by atoms with Crippen molar-refractivity contribution in [3.63, 3.8) is 0 Å². The van der Waals surface area contributed by atoms with Crippen molar-refractivity contribution in [2.75, 3.05) is 0 Å². The van der Waals surface area contributed by atoms with E-state index in [1.165, 1.54) is 12.1 Å². The molecule has 0 saturated carbocycles. The lowest BCUT2D eigenvalue weighted by Gasteiger charge is -2.15. The number of halogens is 3. The van der Waals surface area contributed by atoms with Gasteiger partial charge in [0, 0.05) is 18.8 Å². The van der Waals surface area contributed by atoms with Crippen LogP contribution in [0.3, 0.4) is 0 Å². The molecule has 1 aromatic heterocycles. The molecule has 0 aliphatic carbocycles. The third kappa shape index (κ3) is 4.26. The Kier molecular flexibility index (Phi) is 4.57. The zero-order chi connectivity index (χ0) is 15.5. The topological polar surface area (TPSA) is 37.8 Å². The molecule has 0 bridgehead atoms. The Morgan fingerprint density at radius 1 is 1.14 bits per heavy atom. The quantitative estimate of drug-likeness (QED) is 0.935. The van der Waals surface area contributed by atoms with Gasteiger partial charge in [0.25, 0.3) is 0 Å². The fourth-order valence-corrected chi connectivity index (χ4v) is 1.94. The normalized spacial score (nSPS) is 13.2. The van der Waals surface area contributed by atoms with E-state index in [9.17, 15) is 13.2 Å². The standard InChI is InChI=1S/C15H16F3N3/c1-10(20-9-14-7-8-19-11(2)21-14)12-3-5-13(6-4-12)15(16,17)18/h3-8,10,20H,9H2,1-2H3. The van der Waals surface area contributed by atoms with Crippen LogP contribution in [0.1, 0.15) is 35.6 Å². The lowest BCUT2D eigenvalue weighted by Crippen LogP contribution is -2.19. The number of nitrogens with one attached hydrogen (secondary N) is 1. The number of alkyl halides is 3. The highest BCUT2D eigenvalue weighted by Gasteiger charge is 2.30. The molecule has 6 heteroatoms. The van der Waals surface area contributed by atoms with Gasteiger partial charge in [-0.1, -0.05) is 12.1 Å². The summed E-state index contributed by atoms with van der Waals surface area (Å²) >= 11 is 0. The number of hydrogen-bond donors (Lipinski definition) is 1.